The SMILES string of the molecule is CC(C)(C)c1sc(Cl)cc1F. The van der Waals surface area contributed by atoms with E-state index in [2.05, 4.69) is 0 Å². The Balaban J connectivity index is 3.13. The van der Waals surface area contributed by atoms with Crippen LogP contribution in [0.4, 0.5) is 4.39 Å². The molecule has 0 bridgehead atoms. The van der Waals surface area contributed by atoms with E-state index in [1.54, 1.807) is 0 Å². The monoisotopic (exact) mass is 192 g/mol. The standard InChI is InChI=1S/C8H10ClFS/c1-8(2,3)7-5(10)4-6(9)11-7/h4H,1-3H3. The molecule has 1 heterocycles. The fourth-order valence-corrected chi connectivity index (χ4v) is 2.00. The van der Waals surface area contributed by atoms with Crippen LogP contribution < -0.4 is 0 Å². The third-order valence-electron chi connectivity index (χ3n) is 1.34. The van der Waals surface area contributed by atoms with Gasteiger partial charge in [0.1, 0.15) is 5.82 Å². The molecule has 0 saturated heterocycles. The van der Waals surface area contributed by atoms with Gasteiger partial charge in [0.15, 0.2) is 0 Å². The van der Waals surface area contributed by atoms with Crippen molar-refractivity contribution in [3.05, 3.63) is 21.1 Å². The van der Waals surface area contributed by atoms with E-state index in [1.165, 1.54) is 17.4 Å². The predicted octanol–water partition coefficient (Wildman–Crippen LogP) is 3.84. The van der Waals surface area contributed by atoms with Crippen molar-refractivity contribution in [3.8, 4) is 0 Å². The van der Waals surface area contributed by atoms with Crippen LogP contribution >= 0.6 is 22.9 Å². The van der Waals surface area contributed by atoms with Gasteiger partial charge in [0.2, 0.25) is 0 Å². The minimum atomic E-state index is -0.187. The Hall–Kier alpha value is -0.0800. The maximum Gasteiger partial charge on any atom is 0.139 e. The van der Waals surface area contributed by atoms with Crippen LogP contribution in [0.5, 0.6) is 0 Å². The van der Waals surface area contributed by atoms with Crippen LogP contribution in [0.25, 0.3) is 0 Å². The second-order valence-electron chi connectivity index (χ2n) is 3.48. The summed E-state index contributed by atoms with van der Waals surface area (Å²) in [5.41, 5.74) is -0.137. The summed E-state index contributed by atoms with van der Waals surface area (Å²) in [5, 5.41) is 0. The van der Waals surface area contributed by atoms with Crippen molar-refractivity contribution in [2.24, 2.45) is 0 Å². The molecule has 0 aliphatic heterocycles. The van der Waals surface area contributed by atoms with Crippen LogP contribution in [0.3, 0.4) is 0 Å². The minimum Gasteiger partial charge on any atom is -0.206 e. The first-order valence-electron chi connectivity index (χ1n) is 3.36. The van der Waals surface area contributed by atoms with Gasteiger partial charge in [0.25, 0.3) is 0 Å². The van der Waals surface area contributed by atoms with E-state index in [9.17, 15) is 4.39 Å². The summed E-state index contributed by atoms with van der Waals surface area (Å²) in [6.45, 7) is 5.91. The molecule has 0 nitrogen and oxygen atoms in total. The molecule has 0 unspecified atom stereocenters. The van der Waals surface area contributed by atoms with Crippen molar-refractivity contribution in [1.82, 2.24) is 0 Å². The molecule has 1 aromatic rings. The number of hydrogen-bond donors (Lipinski definition) is 0. The van der Waals surface area contributed by atoms with Crippen molar-refractivity contribution in [2.75, 3.05) is 0 Å². The Kier molecular flexibility index (Phi) is 2.26. The summed E-state index contributed by atoms with van der Waals surface area (Å²) >= 11 is 6.96. The number of hydrogen-bond acceptors (Lipinski definition) is 1. The highest BCUT2D eigenvalue weighted by atomic mass is 35.5. The van der Waals surface area contributed by atoms with Gasteiger partial charge in [0.05, 0.1) is 4.34 Å². The maximum absolute atomic E-state index is 13.0. The summed E-state index contributed by atoms with van der Waals surface area (Å²) in [6, 6.07) is 1.37. The zero-order valence-corrected chi connectivity index (χ0v) is 8.31. The smallest absolute Gasteiger partial charge is 0.139 e. The van der Waals surface area contributed by atoms with E-state index < -0.39 is 0 Å². The average Bonchev–Trinajstić information content (AvgIpc) is 2.08. The summed E-state index contributed by atoms with van der Waals surface area (Å²) in [4.78, 5) is 0.725. The highest BCUT2D eigenvalue weighted by Gasteiger charge is 2.21. The Morgan fingerprint density at radius 2 is 2.00 bits per heavy atom. The van der Waals surface area contributed by atoms with Gasteiger partial charge >= 0.3 is 0 Å². The van der Waals surface area contributed by atoms with Gasteiger partial charge in [0, 0.05) is 10.9 Å². The Morgan fingerprint density at radius 1 is 1.45 bits per heavy atom. The topological polar surface area (TPSA) is 0 Å². The highest BCUT2D eigenvalue weighted by Crippen LogP contribution is 2.34. The quantitative estimate of drug-likeness (QED) is 0.586. The number of halogens is 2. The molecule has 3 heteroatoms. The van der Waals surface area contributed by atoms with E-state index >= 15 is 0 Å². The lowest BCUT2D eigenvalue weighted by Crippen LogP contribution is -2.10. The van der Waals surface area contributed by atoms with E-state index in [1.807, 2.05) is 20.8 Å². The van der Waals surface area contributed by atoms with Gasteiger partial charge in [-0.15, -0.1) is 11.3 Å². The minimum absolute atomic E-state index is 0.137. The fourth-order valence-electron chi connectivity index (χ4n) is 0.852. The van der Waals surface area contributed by atoms with Crippen LogP contribution in [0.15, 0.2) is 6.07 Å². The molecule has 1 aromatic heterocycles. The molecule has 0 saturated carbocycles. The Labute approximate surface area is 75.0 Å². The van der Waals surface area contributed by atoms with Crippen LogP contribution in [-0.2, 0) is 5.41 Å². The van der Waals surface area contributed by atoms with Crippen molar-refractivity contribution in [3.63, 3.8) is 0 Å². The van der Waals surface area contributed by atoms with Crippen LogP contribution in [0.2, 0.25) is 4.34 Å². The van der Waals surface area contributed by atoms with Gasteiger partial charge in [-0.3, -0.25) is 0 Å². The third-order valence-corrected chi connectivity index (χ3v) is 3.00. The molecule has 0 aromatic carbocycles. The first-order chi connectivity index (χ1) is 4.91. The molecule has 0 radical (unpaired) electrons. The van der Waals surface area contributed by atoms with Gasteiger partial charge < -0.3 is 0 Å². The van der Waals surface area contributed by atoms with E-state index in [0.717, 1.165) is 4.88 Å². The fraction of sp³-hybridized carbons (Fsp3) is 0.500. The molecule has 0 spiro atoms. The average molecular weight is 193 g/mol. The third kappa shape index (κ3) is 1.94. The normalized spacial score (nSPS) is 12.1. The molecule has 0 fully saturated rings. The van der Waals surface area contributed by atoms with Crippen molar-refractivity contribution in [1.29, 1.82) is 0 Å². The second kappa shape index (κ2) is 2.76. The molecule has 0 atom stereocenters. The molecule has 11 heavy (non-hydrogen) atoms. The molecular weight excluding hydrogens is 183 g/mol. The predicted molar refractivity (Wildman–Crippen MR) is 48.0 cm³/mol. The lowest BCUT2D eigenvalue weighted by Gasteiger charge is -2.15. The first kappa shape index (κ1) is 9.01. The zero-order chi connectivity index (χ0) is 8.65. The van der Waals surface area contributed by atoms with Crippen LogP contribution in [-0.4, -0.2) is 0 Å². The van der Waals surface area contributed by atoms with Crippen molar-refractivity contribution in [2.45, 2.75) is 26.2 Å². The summed E-state index contributed by atoms with van der Waals surface area (Å²) in [6.07, 6.45) is 0. The van der Waals surface area contributed by atoms with Crippen LogP contribution in [0, 0.1) is 5.82 Å². The maximum atomic E-state index is 13.0. The highest BCUT2D eigenvalue weighted by molar-refractivity contribution is 7.16. The number of rotatable bonds is 0. The van der Waals surface area contributed by atoms with Gasteiger partial charge in [-0.1, -0.05) is 32.4 Å². The second-order valence-corrected chi connectivity index (χ2v) is 5.16. The van der Waals surface area contributed by atoms with Gasteiger partial charge in [-0.05, 0) is 5.41 Å². The lowest BCUT2D eigenvalue weighted by atomic mass is 9.94. The Morgan fingerprint density at radius 3 is 2.18 bits per heavy atom. The number of thiophene rings is 1. The summed E-state index contributed by atoms with van der Waals surface area (Å²) in [5.74, 6) is -0.187. The summed E-state index contributed by atoms with van der Waals surface area (Å²) < 4.78 is 13.6. The van der Waals surface area contributed by atoms with E-state index in [4.69, 9.17) is 11.6 Å². The van der Waals surface area contributed by atoms with E-state index in [0.29, 0.717) is 4.34 Å². The largest absolute Gasteiger partial charge is 0.206 e. The molecule has 62 valence electrons. The van der Waals surface area contributed by atoms with Gasteiger partial charge in [-0.2, -0.15) is 0 Å². The molecule has 0 amide bonds. The zero-order valence-electron chi connectivity index (χ0n) is 6.74. The van der Waals surface area contributed by atoms with Gasteiger partial charge in [-0.25, -0.2) is 4.39 Å². The molecule has 0 aliphatic rings. The van der Waals surface area contributed by atoms with Crippen molar-refractivity contribution < 1.29 is 4.39 Å². The first-order valence-corrected chi connectivity index (χ1v) is 4.56. The van der Waals surface area contributed by atoms with E-state index in [-0.39, 0.29) is 11.2 Å². The molecule has 0 aliphatic carbocycles. The lowest BCUT2D eigenvalue weighted by molar-refractivity contribution is 0.538. The summed E-state index contributed by atoms with van der Waals surface area (Å²) in [7, 11) is 0. The molecule has 1 rings (SSSR count). The Bertz CT molecular complexity index is 260. The van der Waals surface area contributed by atoms with Crippen LogP contribution in [0.1, 0.15) is 25.6 Å². The van der Waals surface area contributed by atoms with Crippen molar-refractivity contribution >= 4 is 22.9 Å². The molecule has 0 N–H and O–H groups in total. The molecular formula is C8H10ClFS.